The number of fused-ring (bicyclic) bond motifs is 4. The number of hydrogen-bond donors (Lipinski definition) is 0. The molecule has 1 spiro atoms. The van der Waals surface area contributed by atoms with Crippen LogP contribution in [0.1, 0.15) is 120 Å². The molecule has 2 aromatic carbocycles. The average molecular weight is 642 g/mol. The summed E-state index contributed by atoms with van der Waals surface area (Å²) in [7, 11) is -2.60. The fourth-order valence-corrected chi connectivity index (χ4v) is 17.0. The zero-order chi connectivity index (χ0) is 32.5. The quantitative estimate of drug-likeness (QED) is 0.201. The number of hydroxylamine groups is 2. The van der Waals surface area contributed by atoms with E-state index in [4.69, 9.17) is 9.26 Å². The van der Waals surface area contributed by atoms with Crippen LogP contribution in [-0.2, 0) is 9.26 Å². The Kier molecular flexibility index (Phi) is 8.51. The molecule has 0 aromatic heterocycles. The molecule has 2 saturated heterocycles. The molecule has 252 valence electrons. The zero-order valence-electron chi connectivity index (χ0n) is 30.4. The van der Waals surface area contributed by atoms with Crippen molar-refractivity contribution >= 4 is 18.7 Å². The van der Waals surface area contributed by atoms with Crippen molar-refractivity contribution in [2.75, 3.05) is 6.54 Å². The minimum Gasteiger partial charge on any atom is -0.404 e. The maximum Gasteiger partial charge on any atom is 0.261 e. The molecule has 2 aliphatic heterocycles. The molecular weight excluding hydrogens is 579 g/mol. The monoisotopic (exact) mass is 641 g/mol. The molecule has 1 unspecified atom stereocenters. The van der Waals surface area contributed by atoms with E-state index in [9.17, 15) is 0 Å². The van der Waals surface area contributed by atoms with Crippen LogP contribution < -0.4 is 10.4 Å². The van der Waals surface area contributed by atoms with Gasteiger partial charge in [0.2, 0.25) is 0 Å². The van der Waals surface area contributed by atoms with Gasteiger partial charge in [0, 0.05) is 18.4 Å². The van der Waals surface area contributed by atoms with Gasteiger partial charge in [0.25, 0.3) is 8.32 Å². The summed E-state index contributed by atoms with van der Waals surface area (Å²) in [5.41, 5.74) is 0.580. The van der Waals surface area contributed by atoms with Crippen LogP contribution in [0.4, 0.5) is 0 Å². The van der Waals surface area contributed by atoms with Crippen LogP contribution in [-0.4, -0.2) is 31.8 Å². The number of nitrogens with zero attached hydrogens (tertiary/aromatic N) is 1. The molecule has 2 aromatic rings. The summed E-state index contributed by atoms with van der Waals surface area (Å²) < 4.78 is 7.74. The second kappa shape index (κ2) is 11.8. The summed E-state index contributed by atoms with van der Waals surface area (Å²) in [5, 5.41) is 5.25. The number of benzene rings is 2. The molecule has 0 radical (unpaired) electrons. The Labute approximate surface area is 282 Å². The third-order valence-corrected chi connectivity index (χ3v) is 19.7. The first-order chi connectivity index (χ1) is 21.9. The maximum absolute atomic E-state index is 7.74. The van der Waals surface area contributed by atoms with Gasteiger partial charge in [-0.05, 0) is 94.9 Å². The van der Waals surface area contributed by atoms with E-state index in [-0.39, 0.29) is 22.3 Å². The Hall–Kier alpha value is -1.46. The van der Waals surface area contributed by atoms with Gasteiger partial charge in [0.15, 0.2) is 5.72 Å². The Bertz CT molecular complexity index is 1320. The van der Waals surface area contributed by atoms with Crippen LogP contribution in [0.2, 0.25) is 5.04 Å². The lowest BCUT2D eigenvalue weighted by Crippen LogP contribution is -2.69. The van der Waals surface area contributed by atoms with E-state index >= 15 is 0 Å². The molecule has 4 heteroatoms. The van der Waals surface area contributed by atoms with Crippen molar-refractivity contribution in [3.8, 4) is 0 Å². The Morgan fingerprint density at radius 3 is 2.11 bits per heavy atom. The molecule has 0 bridgehead atoms. The van der Waals surface area contributed by atoms with E-state index in [2.05, 4.69) is 121 Å². The number of rotatable bonds is 9. The minimum absolute atomic E-state index is 0.00531. The molecule has 3 aliphatic carbocycles. The van der Waals surface area contributed by atoms with Crippen molar-refractivity contribution in [1.29, 1.82) is 0 Å². The molecular formula is C42H63NO2Si. The predicted octanol–water partition coefficient (Wildman–Crippen LogP) is 9.60. The van der Waals surface area contributed by atoms with Gasteiger partial charge in [-0.3, -0.25) is 4.84 Å². The average Bonchev–Trinajstić information content (AvgIpc) is 3.60. The van der Waals surface area contributed by atoms with Crippen LogP contribution >= 0.6 is 0 Å². The third-order valence-electron chi connectivity index (χ3n) is 14.6. The van der Waals surface area contributed by atoms with Gasteiger partial charge in [-0.2, -0.15) is 5.06 Å². The van der Waals surface area contributed by atoms with Gasteiger partial charge in [-0.15, -0.1) is 0 Å². The van der Waals surface area contributed by atoms with E-state index in [0.717, 1.165) is 54.9 Å². The molecule has 2 heterocycles. The van der Waals surface area contributed by atoms with Crippen molar-refractivity contribution in [2.24, 2.45) is 46.3 Å². The standard InChI is InChI=1S/C42H63NO2Si/c1-30(2)16-15-17-31(3)36-22-23-37-35-29-43-42(45-43)28-32(24-27-41(42,8)38(35)25-26-40(36,37)7)44-46(39(4,5)6,33-18-11-9-12-19-33)34-20-13-10-14-21-34/h9-14,18-21,30-32,35-38H,15-17,22-29H2,1-8H3/t31-,32+,35+,36-,37+,38+,40-,41-,42+,43?/m1/s1. The summed E-state index contributed by atoms with van der Waals surface area (Å²) in [6.45, 7) is 21.1. The lowest BCUT2D eigenvalue weighted by molar-refractivity contribution is -0.126. The summed E-state index contributed by atoms with van der Waals surface area (Å²) >= 11 is 0. The lowest BCUT2D eigenvalue weighted by Gasteiger charge is -2.59. The van der Waals surface area contributed by atoms with Crippen molar-refractivity contribution in [1.82, 2.24) is 5.06 Å². The van der Waals surface area contributed by atoms with Gasteiger partial charge < -0.3 is 4.43 Å². The van der Waals surface area contributed by atoms with Crippen LogP contribution in [0, 0.1) is 46.3 Å². The van der Waals surface area contributed by atoms with E-state index in [0.29, 0.717) is 5.41 Å². The van der Waals surface area contributed by atoms with Gasteiger partial charge in [-0.1, -0.05) is 135 Å². The molecule has 5 aliphatic rings. The Morgan fingerprint density at radius 2 is 1.50 bits per heavy atom. The van der Waals surface area contributed by atoms with Crippen molar-refractivity contribution < 1.29 is 9.26 Å². The summed E-state index contributed by atoms with van der Waals surface area (Å²) in [5.74, 6) is 4.99. The minimum atomic E-state index is -2.60. The Balaban J connectivity index is 1.12. The topological polar surface area (TPSA) is 24.8 Å². The van der Waals surface area contributed by atoms with Crippen molar-refractivity contribution in [2.45, 2.75) is 136 Å². The van der Waals surface area contributed by atoms with E-state index in [1.54, 1.807) is 0 Å². The molecule has 46 heavy (non-hydrogen) atoms. The molecule has 0 N–H and O–H groups in total. The highest BCUT2D eigenvalue weighted by Crippen LogP contribution is 2.72. The highest BCUT2D eigenvalue weighted by Gasteiger charge is 2.76. The summed E-state index contributed by atoms with van der Waals surface area (Å²) in [4.78, 5) is 6.91. The van der Waals surface area contributed by atoms with Gasteiger partial charge in [0.05, 0.1) is 6.10 Å². The number of piperidine rings is 1. The highest BCUT2D eigenvalue weighted by atomic mass is 28.4. The number of hydrogen-bond acceptors (Lipinski definition) is 3. The predicted molar refractivity (Wildman–Crippen MR) is 193 cm³/mol. The summed E-state index contributed by atoms with van der Waals surface area (Å²) in [6.07, 6.45) is 13.5. The smallest absolute Gasteiger partial charge is 0.261 e. The van der Waals surface area contributed by atoms with Crippen LogP contribution in [0.15, 0.2) is 60.7 Å². The Morgan fingerprint density at radius 1 is 0.848 bits per heavy atom. The van der Waals surface area contributed by atoms with E-state index < -0.39 is 8.32 Å². The van der Waals surface area contributed by atoms with E-state index in [1.807, 2.05) is 0 Å². The van der Waals surface area contributed by atoms with Crippen molar-refractivity contribution in [3.63, 3.8) is 0 Å². The molecule has 10 atom stereocenters. The fraction of sp³-hybridized carbons (Fsp3) is 0.714. The first-order valence-corrected chi connectivity index (χ1v) is 21.0. The molecule has 5 fully saturated rings. The molecule has 3 nitrogen and oxygen atoms in total. The molecule has 0 amide bonds. The van der Waals surface area contributed by atoms with Gasteiger partial charge >= 0.3 is 0 Å². The molecule has 7 rings (SSSR count). The fourth-order valence-electron chi connectivity index (χ4n) is 12.2. The van der Waals surface area contributed by atoms with Crippen molar-refractivity contribution in [3.05, 3.63) is 60.7 Å². The SMILES string of the molecule is CC(C)CCC[C@@H](C)[C@H]1CC[C@H]2[C@@H]3CN4O[C@]45C[C@@H](O[Si](c4ccccc4)(c4ccccc4)C(C)(C)C)CC[C@]5(C)[C@H]3CC[C@]12C. The van der Waals surface area contributed by atoms with Crippen LogP contribution in [0.3, 0.4) is 0 Å². The first-order valence-electron chi connectivity index (χ1n) is 19.1. The normalized spacial score (nSPS) is 39.2. The largest absolute Gasteiger partial charge is 0.404 e. The highest BCUT2D eigenvalue weighted by molar-refractivity contribution is 6.99. The first kappa shape index (κ1) is 33.1. The van der Waals surface area contributed by atoms with E-state index in [1.165, 1.54) is 61.7 Å². The summed E-state index contributed by atoms with van der Waals surface area (Å²) in [6, 6.07) is 22.4. The second-order valence-corrected chi connectivity index (χ2v) is 22.7. The van der Waals surface area contributed by atoms with Gasteiger partial charge in [0.1, 0.15) is 0 Å². The zero-order valence-corrected chi connectivity index (χ0v) is 31.4. The third kappa shape index (κ3) is 5.05. The maximum atomic E-state index is 7.74. The van der Waals surface area contributed by atoms with Crippen LogP contribution in [0.25, 0.3) is 0 Å². The molecule has 3 saturated carbocycles. The van der Waals surface area contributed by atoms with Crippen LogP contribution in [0.5, 0.6) is 0 Å². The second-order valence-electron chi connectivity index (χ2n) is 18.4. The van der Waals surface area contributed by atoms with Gasteiger partial charge in [-0.25, -0.2) is 0 Å². The lowest BCUT2D eigenvalue weighted by atomic mass is 9.47.